The van der Waals surface area contributed by atoms with Crippen molar-refractivity contribution in [2.24, 2.45) is 11.3 Å². The molecule has 1 aromatic carbocycles. The van der Waals surface area contributed by atoms with Gasteiger partial charge in [0, 0.05) is 0 Å². The lowest BCUT2D eigenvalue weighted by Gasteiger charge is -2.32. The van der Waals surface area contributed by atoms with Gasteiger partial charge in [-0.25, -0.2) is 0 Å². The zero-order chi connectivity index (χ0) is 12.2. The first-order valence-electron chi connectivity index (χ1n) is 6.23. The molecular weight excluding hydrogens is 196 g/mol. The highest BCUT2D eigenvalue weighted by molar-refractivity contribution is 5.26. The maximum atomic E-state index is 9.25. The summed E-state index contributed by atoms with van der Waals surface area (Å²) >= 11 is 0. The topological polar surface area (TPSA) is 20.2 Å². The molecule has 0 aliphatic rings. The van der Waals surface area contributed by atoms with Crippen LogP contribution in [0, 0.1) is 11.3 Å². The van der Waals surface area contributed by atoms with E-state index in [1.165, 1.54) is 18.4 Å². The molecule has 1 nitrogen and oxygen atoms in total. The fourth-order valence-electron chi connectivity index (χ4n) is 2.14. The van der Waals surface area contributed by atoms with Crippen molar-refractivity contribution in [3.05, 3.63) is 29.8 Å². The molecule has 0 fully saturated rings. The van der Waals surface area contributed by atoms with Gasteiger partial charge in [-0.1, -0.05) is 52.7 Å². The molecule has 0 heterocycles. The van der Waals surface area contributed by atoms with Crippen molar-refractivity contribution in [1.29, 1.82) is 0 Å². The van der Waals surface area contributed by atoms with Crippen molar-refractivity contribution in [2.45, 2.75) is 47.0 Å². The Morgan fingerprint density at radius 2 is 1.75 bits per heavy atom. The van der Waals surface area contributed by atoms with E-state index >= 15 is 0 Å². The highest BCUT2D eigenvalue weighted by atomic mass is 16.3. The highest BCUT2D eigenvalue weighted by Gasteiger charge is 2.25. The SMILES string of the molecule is CCCC(C)C(C)(C)Cc1ccc(O)cc1. The minimum Gasteiger partial charge on any atom is -0.508 e. The van der Waals surface area contributed by atoms with Gasteiger partial charge in [-0.15, -0.1) is 0 Å². The molecule has 1 atom stereocenters. The van der Waals surface area contributed by atoms with Crippen LogP contribution in [-0.2, 0) is 6.42 Å². The lowest BCUT2D eigenvalue weighted by atomic mass is 9.73. The number of aromatic hydroxyl groups is 1. The summed E-state index contributed by atoms with van der Waals surface area (Å²) in [5.74, 6) is 1.08. The average Bonchev–Trinajstić information content (AvgIpc) is 2.21. The number of phenolic OH excluding ortho intramolecular Hbond substituents is 1. The Kier molecular flexibility index (Phi) is 4.40. The van der Waals surface area contributed by atoms with E-state index in [1.807, 2.05) is 12.1 Å². The van der Waals surface area contributed by atoms with Gasteiger partial charge in [0.1, 0.15) is 5.75 Å². The Labute approximate surface area is 99.5 Å². The smallest absolute Gasteiger partial charge is 0.115 e. The maximum absolute atomic E-state index is 9.25. The minimum absolute atomic E-state index is 0.326. The molecule has 0 aliphatic heterocycles. The second-order valence-corrected chi connectivity index (χ2v) is 5.52. The Bertz CT molecular complexity index is 311. The largest absolute Gasteiger partial charge is 0.508 e. The van der Waals surface area contributed by atoms with Crippen LogP contribution in [0.4, 0.5) is 0 Å². The van der Waals surface area contributed by atoms with Crippen molar-refractivity contribution in [3.8, 4) is 5.75 Å². The van der Waals surface area contributed by atoms with Gasteiger partial charge in [0.15, 0.2) is 0 Å². The van der Waals surface area contributed by atoms with E-state index in [1.54, 1.807) is 12.1 Å². The zero-order valence-electron chi connectivity index (χ0n) is 11.0. The fraction of sp³-hybridized carbons (Fsp3) is 0.600. The number of hydrogen-bond acceptors (Lipinski definition) is 1. The molecule has 0 aliphatic carbocycles. The molecule has 0 spiro atoms. The lowest BCUT2D eigenvalue weighted by Crippen LogP contribution is -2.24. The Hall–Kier alpha value is -0.980. The molecule has 1 aromatic rings. The summed E-state index contributed by atoms with van der Waals surface area (Å²) in [6.07, 6.45) is 3.61. The van der Waals surface area contributed by atoms with Gasteiger partial charge in [-0.05, 0) is 35.4 Å². The quantitative estimate of drug-likeness (QED) is 0.780. The summed E-state index contributed by atoms with van der Waals surface area (Å²) in [5, 5.41) is 9.25. The predicted octanol–water partition coefficient (Wildman–Crippen LogP) is 4.40. The summed E-state index contributed by atoms with van der Waals surface area (Å²) in [6, 6.07) is 7.59. The van der Waals surface area contributed by atoms with E-state index < -0.39 is 0 Å². The second kappa shape index (κ2) is 5.38. The fourth-order valence-corrected chi connectivity index (χ4v) is 2.14. The Morgan fingerprint density at radius 1 is 1.19 bits per heavy atom. The molecule has 16 heavy (non-hydrogen) atoms. The third kappa shape index (κ3) is 3.55. The van der Waals surface area contributed by atoms with Crippen molar-refractivity contribution < 1.29 is 5.11 Å². The normalized spacial score (nSPS) is 13.8. The van der Waals surface area contributed by atoms with Crippen LogP contribution in [0.1, 0.15) is 46.1 Å². The molecule has 0 aromatic heterocycles. The summed E-state index contributed by atoms with van der Waals surface area (Å²) in [7, 11) is 0. The van der Waals surface area contributed by atoms with Gasteiger partial charge in [0.05, 0.1) is 0 Å². The molecule has 1 unspecified atom stereocenters. The summed E-state index contributed by atoms with van der Waals surface area (Å²) in [6.45, 7) is 9.25. The molecule has 0 bridgehead atoms. The molecule has 0 amide bonds. The van der Waals surface area contributed by atoms with E-state index in [0.29, 0.717) is 11.2 Å². The Balaban J connectivity index is 2.68. The van der Waals surface area contributed by atoms with Gasteiger partial charge in [0.25, 0.3) is 0 Å². The standard InChI is InChI=1S/C15H24O/c1-5-6-12(2)15(3,4)11-13-7-9-14(16)10-8-13/h7-10,12,16H,5-6,11H2,1-4H3. The molecule has 0 saturated carbocycles. The summed E-state index contributed by atoms with van der Waals surface area (Å²) in [4.78, 5) is 0. The molecule has 0 saturated heterocycles. The second-order valence-electron chi connectivity index (χ2n) is 5.52. The minimum atomic E-state index is 0.326. The third-order valence-electron chi connectivity index (χ3n) is 3.65. The molecule has 1 N–H and O–H groups in total. The predicted molar refractivity (Wildman–Crippen MR) is 69.7 cm³/mol. The van der Waals surface area contributed by atoms with E-state index in [4.69, 9.17) is 0 Å². The van der Waals surface area contributed by atoms with E-state index in [9.17, 15) is 5.11 Å². The maximum Gasteiger partial charge on any atom is 0.115 e. The average molecular weight is 220 g/mol. The van der Waals surface area contributed by atoms with Crippen LogP contribution < -0.4 is 0 Å². The van der Waals surface area contributed by atoms with E-state index in [2.05, 4.69) is 27.7 Å². The summed E-state index contributed by atoms with van der Waals surface area (Å²) < 4.78 is 0. The van der Waals surface area contributed by atoms with Crippen molar-refractivity contribution in [1.82, 2.24) is 0 Å². The number of benzene rings is 1. The van der Waals surface area contributed by atoms with Crippen LogP contribution in [0.3, 0.4) is 0 Å². The van der Waals surface area contributed by atoms with E-state index in [-0.39, 0.29) is 0 Å². The molecule has 1 rings (SSSR count). The van der Waals surface area contributed by atoms with Gasteiger partial charge in [-0.3, -0.25) is 0 Å². The zero-order valence-corrected chi connectivity index (χ0v) is 11.0. The first-order chi connectivity index (χ1) is 7.45. The van der Waals surface area contributed by atoms with Crippen LogP contribution in [0.25, 0.3) is 0 Å². The molecule has 0 radical (unpaired) electrons. The Morgan fingerprint density at radius 3 is 2.25 bits per heavy atom. The molecular formula is C15H24O. The van der Waals surface area contributed by atoms with Crippen LogP contribution in [-0.4, -0.2) is 5.11 Å². The number of hydrogen-bond donors (Lipinski definition) is 1. The van der Waals surface area contributed by atoms with Crippen LogP contribution in [0.15, 0.2) is 24.3 Å². The van der Waals surface area contributed by atoms with Gasteiger partial charge < -0.3 is 5.11 Å². The van der Waals surface area contributed by atoms with E-state index in [0.717, 1.165) is 12.3 Å². The van der Waals surface area contributed by atoms with Gasteiger partial charge in [-0.2, -0.15) is 0 Å². The van der Waals surface area contributed by atoms with Crippen molar-refractivity contribution in [2.75, 3.05) is 0 Å². The number of phenols is 1. The third-order valence-corrected chi connectivity index (χ3v) is 3.65. The molecule has 90 valence electrons. The first-order valence-corrected chi connectivity index (χ1v) is 6.23. The van der Waals surface area contributed by atoms with Crippen molar-refractivity contribution >= 4 is 0 Å². The van der Waals surface area contributed by atoms with Crippen molar-refractivity contribution in [3.63, 3.8) is 0 Å². The number of rotatable bonds is 5. The van der Waals surface area contributed by atoms with Crippen LogP contribution >= 0.6 is 0 Å². The molecule has 1 heteroatoms. The van der Waals surface area contributed by atoms with Crippen LogP contribution in [0.5, 0.6) is 5.75 Å². The van der Waals surface area contributed by atoms with Crippen LogP contribution in [0.2, 0.25) is 0 Å². The summed E-state index contributed by atoms with van der Waals surface area (Å²) in [5.41, 5.74) is 1.64. The highest BCUT2D eigenvalue weighted by Crippen LogP contribution is 2.33. The first kappa shape index (κ1) is 13.1. The monoisotopic (exact) mass is 220 g/mol. The van der Waals surface area contributed by atoms with Gasteiger partial charge >= 0.3 is 0 Å². The lowest BCUT2D eigenvalue weighted by molar-refractivity contribution is 0.215. The van der Waals surface area contributed by atoms with Gasteiger partial charge in [0.2, 0.25) is 0 Å².